The minimum atomic E-state index is -0.156. The van der Waals surface area contributed by atoms with E-state index in [1.54, 1.807) is 4.90 Å². The summed E-state index contributed by atoms with van der Waals surface area (Å²) in [4.78, 5) is 13.9. The van der Waals surface area contributed by atoms with E-state index in [1.165, 1.54) is 0 Å². The Morgan fingerprint density at radius 3 is 2.67 bits per heavy atom. The number of rotatable bonds is 4. The van der Waals surface area contributed by atoms with Gasteiger partial charge in [0.1, 0.15) is 0 Å². The number of aliphatic hydroxyl groups excluding tert-OH is 1. The van der Waals surface area contributed by atoms with E-state index >= 15 is 0 Å². The number of aromatic amines is 1. The number of hydrogen-bond donors (Lipinski definition) is 2. The molecule has 100 valence electrons. The summed E-state index contributed by atoms with van der Waals surface area (Å²) in [5, 5.41) is 16.2. The fourth-order valence-corrected chi connectivity index (χ4v) is 2.46. The van der Waals surface area contributed by atoms with E-state index in [1.807, 2.05) is 20.9 Å². The quantitative estimate of drug-likeness (QED) is 0.831. The molecule has 2 rings (SSSR count). The average molecular weight is 251 g/mol. The molecule has 18 heavy (non-hydrogen) atoms. The van der Waals surface area contributed by atoms with Crippen LogP contribution in [-0.2, 0) is 11.2 Å². The lowest BCUT2D eigenvalue weighted by Gasteiger charge is -2.34. The van der Waals surface area contributed by atoms with Crippen molar-refractivity contribution >= 4 is 5.91 Å². The van der Waals surface area contributed by atoms with Gasteiger partial charge in [0, 0.05) is 24.8 Å². The summed E-state index contributed by atoms with van der Waals surface area (Å²) in [6.07, 6.45) is 1.89. The van der Waals surface area contributed by atoms with Gasteiger partial charge in [-0.2, -0.15) is 5.10 Å². The number of H-pyrrole nitrogens is 1. The van der Waals surface area contributed by atoms with Crippen molar-refractivity contribution in [1.82, 2.24) is 15.1 Å². The van der Waals surface area contributed by atoms with Crippen LogP contribution in [0.2, 0.25) is 0 Å². The molecule has 1 heterocycles. The molecule has 0 saturated heterocycles. The number of aromatic nitrogens is 2. The van der Waals surface area contributed by atoms with Gasteiger partial charge >= 0.3 is 0 Å². The van der Waals surface area contributed by atoms with E-state index in [2.05, 4.69) is 10.2 Å². The van der Waals surface area contributed by atoms with Gasteiger partial charge in [-0.3, -0.25) is 9.89 Å². The molecule has 5 heteroatoms. The van der Waals surface area contributed by atoms with Crippen LogP contribution >= 0.6 is 0 Å². The van der Waals surface area contributed by atoms with Gasteiger partial charge in [-0.05, 0) is 32.6 Å². The van der Waals surface area contributed by atoms with Gasteiger partial charge in [-0.25, -0.2) is 0 Å². The fraction of sp³-hybridized carbons (Fsp3) is 0.692. The summed E-state index contributed by atoms with van der Waals surface area (Å²) >= 11 is 0. The third kappa shape index (κ3) is 2.72. The lowest BCUT2D eigenvalue weighted by Crippen LogP contribution is -2.40. The molecule has 2 N–H and O–H groups in total. The van der Waals surface area contributed by atoms with Crippen LogP contribution in [0, 0.1) is 19.8 Å². The third-order valence-corrected chi connectivity index (χ3v) is 3.78. The molecule has 1 aliphatic rings. The van der Waals surface area contributed by atoms with Crippen molar-refractivity contribution in [2.75, 3.05) is 13.6 Å². The Labute approximate surface area is 107 Å². The highest BCUT2D eigenvalue weighted by Gasteiger charge is 2.29. The van der Waals surface area contributed by atoms with Crippen LogP contribution in [0.5, 0.6) is 0 Å². The summed E-state index contributed by atoms with van der Waals surface area (Å²) in [5.41, 5.74) is 2.86. The van der Waals surface area contributed by atoms with Gasteiger partial charge in [0.25, 0.3) is 0 Å². The minimum absolute atomic E-state index is 0.115. The first-order valence-electron chi connectivity index (χ1n) is 6.39. The monoisotopic (exact) mass is 251 g/mol. The van der Waals surface area contributed by atoms with E-state index in [-0.39, 0.29) is 12.0 Å². The molecule has 0 aromatic carbocycles. The molecule has 1 aliphatic carbocycles. The highest BCUT2D eigenvalue weighted by molar-refractivity contribution is 5.79. The van der Waals surface area contributed by atoms with Crippen LogP contribution in [0.25, 0.3) is 0 Å². The van der Waals surface area contributed by atoms with Crippen molar-refractivity contribution in [1.29, 1.82) is 0 Å². The highest BCUT2D eigenvalue weighted by Crippen LogP contribution is 2.27. The molecular weight excluding hydrogens is 230 g/mol. The minimum Gasteiger partial charge on any atom is -0.393 e. The molecule has 1 fully saturated rings. The van der Waals surface area contributed by atoms with E-state index in [0.29, 0.717) is 12.3 Å². The van der Waals surface area contributed by atoms with Gasteiger partial charge in [0.15, 0.2) is 0 Å². The number of aliphatic hydroxyl groups is 1. The predicted molar refractivity (Wildman–Crippen MR) is 68.1 cm³/mol. The molecule has 0 aliphatic heterocycles. The zero-order valence-electron chi connectivity index (χ0n) is 11.2. The topological polar surface area (TPSA) is 69.2 Å². The Kier molecular flexibility index (Phi) is 3.71. The van der Waals surface area contributed by atoms with E-state index < -0.39 is 0 Å². The summed E-state index contributed by atoms with van der Waals surface area (Å²) in [6, 6.07) is 0. The number of aryl methyl sites for hydroxylation is 2. The smallest absolute Gasteiger partial charge is 0.226 e. The molecule has 0 bridgehead atoms. The Bertz CT molecular complexity index is 416. The Hall–Kier alpha value is -1.36. The summed E-state index contributed by atoms with van der Waals surface area (Å²) in [5.74, 6) is 0.574. The van der Waals surface area contributed by atoms with Gasteiger partial charge in [0.2, 0.25) is 5.91 Å². The third-order valence-electron chi connectivity index (χ3n) is 3.78. The van der Waals surface area contributed by atoms with Crippen molar-refractivity contribution in [2.24, 2.45) is 5.92 Å². The number of nitrogens with one attached hydrogen (secondary N) is 1. The zero-order valence-corrected chi connectivity index (χ0v) is 11.2. The van der Waals surface area contributed by atoms with Crippen molar-refractivity contribution in [3.8, 4) is 0 Å². The number of carbonyl (C=O) groups excluding carboxylic acids is 1. The molecule has 1 aromatic heterocycles. The SMILES string of the molecule is Cc1n[nH]c(C)c1CC(=O)N(C)CC1CC(O)C1. The van der Waals surface area contributed by atoms with Gasteiger partial charge in [0.05, 0.1) is 18.2 Å². The molecule has 0 unspecified atom stereocenters. The fourth-order valence-electron chi connectivity index (χ4n) is 2.46. The molecule has 1 aromatic rings. The molecule has 0 spiro atoms. The second-order valence-electron chi connectivity index (χ2n) is 5.35. The largest absolute Gasteiger partial charge is 0.393 e. The van der Waals surface area contributed by atoms with Gasteiger partial charge in [-0.15, -0.1) is 0 Å². The maximum atomic E-state index is 12.1. The first-order chi connectivity index (χ1) is 8.47. The van der Waals surface area contributed by atoms with Crippen molar-refractivity contribution in [3.05, 3.63) is 17.0 Å². The summed E-state index contributed by atoms with van der Waals surface area (Å²) in [7, 11) is 1.83. The lowest BCUT2D eigenvalue weighted by atomic mass is 9.82. The molecule has 0 radical (unpaired) electrons. The van der Waals surface area contributed by atoms with Crippen molar-refractivity contribution in [2.45, 2.75) is 39.2 Å². The molecule has 5 nitrogen and oxygen atoms in total. The van der Waals surface area contributed by atoms with Crippen LogP contribution in [0.4, 0.5) is 0 Å². The van der Waals surface area contributed by atoms with E-state index in [4.69, 9.17) is 0 Å². The Balaban J connectivity index is 1.87. The van der Waals surface area contributed by atoms with E-state index in [9.17, 15) is 9.90 Å². The van der Waals surface area contributed by atoms with Crippen LogP contribution < -0.4 is 0 Å². The molecule has 1 saturated carbocycles. The first-order valence-corrected chi connectivity index (χ1v) is 6.39. The lowest BCUT2D eigenvalue weighted by molar-refractivity contribution is -0.130. The zero-order chi connectivity index (χ0) is 13.3. The Morgan fingerprint density at radius 2 is 2.17 bits per heavy atom. The number of hydrogen-bond acceptors (Lipinski definition) is 3. The predicted octanol–water partition coefficient (Wildman–Crippen LogP) is 0.798. The maximum absolute atomic E-state index is 12.1. The maximum Gasteiger partial charge on any atom is 0.226 e. The summed E-state index contributed by atoms with van der Waals surface area (Å²) in [6.45, 7) is 4.59. The van der Waals surface area contributed by atoms with Crippen molar-refractivity contribution in [3.63, 3.8) is 0 Å². The number of nitrogens with zero attached hydrogens (tertiary/aromatic N) is 2. The number of likely N-dealkylation sites (N-methyl/N-ethyl adjacent to an activating group) is 1. The van der Waals surface area contributed by atoms with Crippen LogP contribution in [0.1, 0.15) is 29.8 Å². The van der Waals surface area contributed by atoms with Crippen LogP contribution in [-0.4, -0.2) is 45.8 Å². The molecule has 0 atom stereocenters. The van der Waals surface area contributed by atoms with E-state index in [0.717, 1.165) is 36.3 Å². The molecule has 1 amide bonds. The Morgan fingerprint density at radius 1 is 1.50 bits per heavy atom. The van der Waals surface area contributed by atoms with Gasteiger partial charge < -0.3 is 10.0 Å². The number of carbonyl (C=O) groups is 1. The second-order valence-corrected chi connectivity index (χ2v) is 5.35. The summed E-state index contributed by atoms with van der Waals surface area (Å²) < 4.78 is 0. The second kappa shape index (κ2) is 5.10. The van der Waals surface area contributed by atoms with Gasteiger partial charge in [-0.1, -0.05) is 0 Å². The number of amides is 1. The van der Waals surface area contributed by atoms with Crippen LogP contribution in [0.15, 0.2) is 0 Å². The standard InChI is InChI=1S/C13H21N3O2/c1-8-12(9(2)15-14-8)6-13(18)16(3)7-10-4-11(17)5-10/h10-11,17H,4-7H2,1-3H3,(H,14,15). The average Bonchev–Trinajstić information content (AvgIpc) is 2.58. The normalized spacial score (nSPS) is 22.7. The molecular formula is C13H21N3O2. The van der Waals surface area contributed by atoms with Crippen LogP contribution in [0.3, 0.4) is 0 Å². The first kappa shape index (κ1) is 13.1. The van der Waals surface area contributed by atoms with Crippen molar-refractivity contribution < 1.29 is 9.90 Å². The highest BCUT2D eigenvalue weighted by atomic mass is 16.3.